The Bertz CT molecular complexity index is 532. The van der Waals surface area contributed by atoms with E-state index in [0.29, 0.717) is 18.2 Å². The number of aromatic nitrogens is 5. The van der Waals surface area contributed by atoms with Crippen LogP contribution in [-0.2, 0) is 13.6 Å². The molecule has 2 heterocycles. The van der Waals surface area contributed by atoms with E-state index in [9.17, 15) is 0 Å². The molecule has 2 aromatic heterocycles. The van der Waals surface area contributed by atoms with Gasteiger partial charge in [-0.25, -0.2) is 15.0 Å². The van der Waals surface area contributed by atoms with Crippen LogP contribution in [-0.4, -0.2) is 24.7 Å². The smallest absolute Gasteiger partial charge is 0.169 e. The summed E-state index contributed by atoms with van der Waals surface area (Å²) in [5, 5.41) is 7.39. The molecule has 0 aromatic carbocycles. The zero-order valence-electron chi connectivity index (χ0n) is 10.8. The molecule has 0 amide bonds. The zero-order valence-corrected chi connectivity index (χ0v) is 10.8. The second kappa shape index (κ2) is 4.99. The zero-order chi connectivity index (χ0) is 13.1. The molecule has 0 saturated carbocycles. The van der Waals surface area contributed by atoms with E-state index in [0.717, 1.165) is 11.4 Å². The van der Waals surface area contributed by atoms with Gasteiger partial charge in [0.1, 0.15) is 24.3 Å². The number of nitrogens with two attached hydrogens (primary N) is 1. The maximum atomic E-state index is 5.87. The summed E-state index contributed by atoms with van der Waals surface area (Å²) in [4.78, 5) is 12.4. The van der Waals surface area contributed by atoms with Crippen molar-refractivity contribution in [3.8, 4) is 0 Å². The van der Waals surface area contributed by atoms with Crippen LogP contribution in [0.15, 0.2) is 12.7 Å². The molecule has 18 heavy (non-hydrogen) atoms. The number of rotatable bonds is 4. The van der Waals surface area contributed by atoms with Gasteiger partial charge in [0, 0.05) is 12.6 Å². The van der Waals surface area contributed by atoms with Crippen LogP contribution >= 0.6 is 0 Å². The number of hydrogen-bond donors (Lipinski definition) is 2. The molecule has 7 nitrogen and oxygen atoms in total. The maximum absolute atomic E-state index is 5.87. The number of anilines is 2. The predicted molar refractivity (Wildman–Crippen MR) is 68.9 cm³/mol. The average molecular weight is 247 g/mol. The van der Waals surface area contributed by atoms with Gasteiger partial charge in [-0.3, -0.25) is 4.68 Å². The van der Waals surface area contributed by atoms with Gasteiger partial charge in [-0.1, -0.05) is 13.8 Å². The minimum Gasteiger partial charge on any atom is -0.383 e. The molecule has 3 N–H and O–H groups in total. The molecule has 96 valence electrons. The molecule has 0 unspecified atom stereocenters. The van der Waals surface area contributed by atoms with Crippen molar-refractivity contribution < 1.29 is 0 Å². The lowest BCUT2D eigenvalue weighted by Gasteiger charge is -2.13. The van der Waals surface area contributed by atoms with E-state index in [1.165, 1.54) is 6.33 Å². The van der Waals surface area contributed by atoms with Crippen molar-refractivity contribution in [3.63, 3.8) is 0 Å². The van der Waals surface area contributed by atoms with Crippen LogP contribution in [0.1, 0.15) is 31.2 Å². The van der Waals surface area contributed by atoms with Crippen molar-refractivity contribution >= 4 is 11.6 Å². The van der Waals surface area contributed by atoms with E-state index in [-0.39, 0.29) is 5.92 Å². The lowest BCUT2D eigenvalue weighted by Crippen LogP contribution is -2.10. The van der Waals surface area contributed by atoms with Gasteiger partial charge < -0.3 is 11.1 Å². The van der Waals surface area contributed by atoms with Crippen molar-refractivity contribution in [1.82, 2.24) is 24.7 Å². The normalized spacial score (nSPS) is 10.9. The van der Waals surface area contributed by atoms with Crippen molar-refractivity contribution in [3.05, 3.63) is 24.0 Å². The van der Waals surface area contributed by atoms with Crippen LogP contribution in [0.3, 0.4) is 0 Å². The van der Waals surface area contributed by atoms with Gasteiger partial charge in [-0.2, -0.15) is 5.10 Å². The fourth-order valence-corrected chi connectivity index (χ4v) is 1.75. The first-order valence-corrected chi connectivity index (χ1v) is 5.76. The molecule has 0 spiro atoms. The van der Waals surface area contributed by atoms with Gasteiger partial charge in [-0.05, 0) is 5.92 Å². The summed E-state index contributed by atoms with van der Waals surface area (Å²) in [7, 11) is 1.83. The molecule has 2 aromatic rings. The average Bonchev–Trinajstić information content (AvgIpc) is 2.72. The molecule has 0 aliphatic carbocycles. The number of hydrogen-bond acceptors (Lipinski definition) is 6. The third-order valence-corrected chi connectivity index (χ3v) is 2.55. The maximum Gasteiger partial charge on any atom is 0.169 e. The molecular formula is C11H17N7. The largest absolute Gasteiger partial charge is 0.383 e. The topological polar surface area (TPSA) is 94.5 Å². The fraction of sp³-hybridized carbons (Fsp3) is 0.455. The number of nitrogens with zero attached hydrogens (tertiary/aromatic N) is 5. The Morgan fingerprint density at radius 3 is 2.72 bits per heavy atom. The Morgan fingerprint density at radius 2 is 2.11 bits per heavy atom. The van der Waals surface area contributed by atoms with Crippen molar-refractivity contribution in [2.45, 2.75) is 26.3 Å². The van der Waals surface area contributed by atoms with Crippen molar-refractivity contribution in [2.24, 2.45) is 7.05 Å². The van der Waals surface area contributed by atoms with Crippen LogP contribution in [0.4, 0.5) is 11.6 Å². The monoisotopic (exact) mass is 247 g/mol. The van der Waals surface area contributed by atoms with Crippen molar-refractivity contribution in [2.75, 3.05) is 11.1 Å². The molecule has 0 fully saturated rings. The standard InChI is InChI=1S/C11H17N7/c1-7(2)9-10(12)14-5-15-11(9)13-4-8-16-6-18(3)17-8/h5-7H,4H2,1-3H3,(H3,12,13,14,15). The predicted octanol–water partition coefficient (Wildman–Crippen LogP) is 0.923. The van der Waals surface area contributed by atoms with Gasteiger partial charge in [0.2, 0.25) is 0 Å². The highest BCUT2D eigenvalue weighted by Crippen LogP contribution is 2.26. The second-order valence-electron chi connectivity index (χ2n) is 4.36. The van der Waals surface area contributed by atoms with Gasteiger partial charge >= 0.3 is 0 Å². The van der Waals surface area contributed by atoms with Gasteiger partial charge in [0.15, 0.2) is 5.82 Å². The lowest BCUT2D eigenvalue weighted by molar-refractivity contribution is 0.746. The Morgan fingerprint density at radius 1 is 1.33 bits per heavy atom. The van der Waals surface area contributed by atoms with E-state index < -0.39 is 0 Å². The van der Waals surface area contributed by atoms with E-state index in [1.54, 1.807) is 11.0 Å². The van der Waals surface area contributed by atoms with Crippen LogP contribution in [0.2, 0.25) is 0 Å². The van der Waals surface area contributed by atoms with Gasteiger partial charge in [-0.15, -0.1) is 0 Å². The first-order chi connectivity index (χ1) is 8.58. The minimum absolute atomic E-state index is 0.255. The van der Waals surface area contributed by atoms with E-state index in [4.69, 9.17) is 5.73 Å². The summed E-state index contributed by atoms with van der Waals surface area (Å²) >= 11 is 0. The quantitative estimate of drug-likeness (QED) is 0.834. The third kappa shape index (κ3) is 2.55. The number of aryl methyl sites for hydroxylation is 1. The first-order valence-electron chi connectivity index (χ1n) is 5.76. The van der Waals surface area contributed by atoms with E-state index >= 15 is 0 Å². The van der Waals surface area contributed by atoms with Crippen LogP contribution < -0.4 is 11.1 Å². The Kier molecular flexibility index (Phi) is 3.40. The molecule has 0 radical (unpaired) electrons. The van der Waals surface area contributed by atoms with E-state index in [2.05, 4.69) is 39.2 Å². The third-order valence-electron chi connectivity index (χ3n) is 2.55. The summed E-state index contributed by atoms with van der Waals surface area (Å²) in [6, 6.07) is 0. The fourth-order valence-electron chi connectivity index (χ4n) is 1.75. The summed E-state index contributed by atoms with van der Waals surface area (Å²) in [6.07, 6.45) is 3.12. The Labute approximate surface area is 105 Å². The molecule has 0 aliphatic rings. The van der Waals surface area contributed by atoms with Gasteiger partial charge in [0.25, 0.3) is 0 Å². The summed E-state index contributed by atoms with van der Waals surface area (Å²) in [5.74, 6) is 2.22. The van der Waals surface area contributed by atoms with Crippen LogP contribution in [0.25, 0.3) is 0 Å². The summed E-state index contributed by atoms with van der Waals surface area (Å²) < 4.78 is 1.66. The van der Waals surface area contributed by atoms with Crippen LogP contribution in [0, 0.1) is 0 Å². The molecule has 7 heteroatoms. The highest BCUT2D eigenvalue weighted by atomic mass is 15.3. The SMILES string of the molecule is CC(C)c1c(N)ncnc1NCc1ncn(C)n1. The molecule has 0 aliphatic heterocycles. The number of nitrogens with one attached hydrogen (secondary N) is 1. The number of nitrogen functional groups attached to an aromatic ring is 1. The Hall–Kier alpha value is -2.18. The summed E-state index contributed by atoms with van der Waals surface area (Å²) in [6.45, 7) is 4.62. The Balaban J connectivity index is 2.16. The first kappa shape index (κ1) is 12.3. The molecular weight excluding hydrogens is 230 g/mol. The summed E-state index contributed by atoms with van der Waals surface area (Å²) in [5.41, 5.74) is 6.79. The highest BCUT2D eigenvalue weighted by molar-refractivity contribution is 5.56. The molecule has 2 rings (SSSR count). The van der Waals surface area contributed by atoms with Crippen LogP contribution in [0.5, 0.6) is 0 Å². The highest BCUT2D eigenvalue weighted by Gasteiger charge is 2.13. The second-order valence-corrected chi connectivity index (χ2v) is 4.36. The van der Waals surface area contributed by atoms with Gasteiger partial charge in [0.05, 0.1) is 6.54 Å². The molecule has 0 bridgehead atoms. The van der Waals surface area contributed by atoms with E-state index in [1.807, 2.05) is 7.05 Å². The minimum atomic E-state index is 0.255. The lowest BCUT2D eigenvalue weighted by atomic mass is 10.0. The van der Waals surface area contributed by atoms with Crippen molar-refractivity contribution in [1.29, 1.82) is 0 Å². The molecule has 0 atom stereocenters. The molecule has 0 saturated heterocycles.